The normalized spacial score (nSPS) is 11.3. The van der Waals surface area contributed by atoms with Gasteiger partial charge < -0.3 is 9.84 Å². The summed E-state index contributed by atoms with van der Waals surface area (Å²) in [5.41, 5.74) is 0.0611. The standard InChI is InChI=1S/C10H8Cl2O3/c1-6(10(13)14)5-15-9-7(11)3-2-4-8(9)12/h2-5H,1H3,(H,13,14). The Morgan fingerprint density at radius 1 is 1.40 bits per heavy atom. The molecule has 0 saturated heterocycles. The number of carbonyl (C=O) groups is 1. The molecule has 0 atom stereocenters. The molecule has 0 unspecified atom stereocenters. The highest BCUT2D eigenvalue weighted by molar-refractivity contribution is 6.37. The van der Waals surface area contributed by atoms with Gasteiger partial charge >= 0.3 is 5.97 Å². The van der Waals surface area contributed by atoms with Crippen molar-refractivity contribution in [3.8, 4) is 5.75 Å². The van der Waals surface area contributed by atoms with Gasteiger partial charge in [-0.25, -0.2) is 4.79 Å². The van der Waals surface area contributed by atoms with E-state index in [2.05, 4.69) is 0 Å². The summed E-state index contributed by atoms with van der Waals surface area (Å²) in [4.78, 5) is 10.5. The number of rotatable bonds is 3. The Hall–Kier alpha value is -1.19. The summed E-state index contributed by atoms with van der Waals surface area (Å²) in [6, 6.07) is 4.88. The molecule has 0 aromatic heterocycles. The second-order valence-electron chi connectivity index (χ2n) is 2.77. The van der Waals surface area contributed by atoms with Crippen LogP contribution >= 0.6 is 23.2 Å². The molecule has 80 valence electrons. The molecular formula is C10H8Cl2O3. The molecule has 1 N–H and O–H groups in total. The first kappa shape index (κ1) is 11.9. The van der Waals surface area contributed by atoms with Crippen molar-refractivity contribution < 1.29 is 14.6 Å². The van der Waals surface area contributed by atoms with Crippen LogP contribution in [0.2, 0.25) is 10.0 Å². The van der Waals surface area contributed by atoms with E-state index in [4.69, 9.17) is 33.0 Å². The van der Waals surface area contributed by atoms with Crippen LogP contribution in [0.4, 0.5) is 0 Å². The SMILES string of the molecule is CC(=COc1c(Cl)cccc1Cl)C(=O)O. The van der Waals surface area contributed by atoms with Gasteiger partial charge in [-0.05, 0) is 19.1 Å². The van der Waals surface area contributed by atoms with E-state index in [0.717, 1.165) is 6.26 Å². The molecular weight excluding hydrogens is 239 g/mol. The van der Waals surface area contributed by atoms with E-state index in [1.54, 1.807) is 18.2 Å². The lowest BCUT2D eigenvalue weighted by molar-refractivity contribution is -0.132. The van der Waals surface area contributed by atoms with E-state index in [9.17, 15) is 4.79 Å². The van der Waals surface area contributed by atoms with E-state index >= 15 is 0 Å². The van der Waals surface area contributed by atoms with E-state index in [0.29, 0.717) is 10.0 Å². The van der Waals surface area contributed by atoms with Gasteiger partial charge in [0.05, 0.1) is 15.6 Å². The number of carboxylic acid groups (broad SMARTS) is 1. The first-order chi connectivity index (χ1) is 7.02. The Kier molecular flexibility index (Phi) is 4.00. The van der Waals surface area contributed by atoms with Gasteiger partial charge in [-0.3, -0.25) is 0 Å². The molecule has 0 aliphatic heterocycles. The van der Waals surface area contributed by atoms with Gasteiger partial charge in [-0.15, -0.1) is 0 Å². The minimum absolute atomic E-state index is 0.0611. The highest BCUT2D eigenvalue weighted by Gasteiger charge is 2.06. The van der Waals surface area contributed by atoms with Crippen molar-refractivity contribution >= 4 is 29.2 Å². The maximum absolute atomic E-state index is 10.5. The Labute approximate surface area is 96.9 Å². The van der Waals surface area contributed by atoms with Crippen molar-refractivity contribution in [3.63, 3.8) is 0 Å². The Morgan fingerprint density at radius 3 is 2.40 bits per heavy atom. The van der Waals surface area contributed by atoms with Crippen molar-refractivity contribution in [2.75, 3.05) is 0 Å². The number of aliphatic carboxylic acids is 1. The molecule has 15 heavy (non-hydrogen) atoms. The predicted molar refractivity (Wildman–Crippen MR) is 58.5 cm³/mol. The molecule has 0 bridgehead atoms. The summed E-state index contributed by atoms with van der Waals surface area (Å²) >= 11 is 11.6. The highest BCUT2D eigenvalue weighted by Crippen LogP contribution is 2.32. The lowest BCUT2D eigenvalue weighted by Crippen LogP contribution is -1.98. The van der Waals surface area contributed by atoms with Gasteiger partial charge in [0.2, 0.25) is 0 Å². The minimum atomic E-state index is -1.06. The topological polar surface area (TPSA) is 46.5 Å². The molecule has 0 radical (unpaired) electrons. The zero-order valence-corrected chi connectivity index (χ0v) is 9.34. The molecule has 3 nitrogen and oxygen atoms in total. The van der Waals surface area contributed by atoms with Crippen LogP contribution in [0.3, 0.4) is 0 Å². The maximum atomic E-state index is 10.5. The second-order valence-corrected chi connectivity index (χ2v) is 3.59. The quantitative estimate of drug-likeness (QED) is 0.658. The molecule has 0 saturated carbocycles. The van der Waals surface area contributed by atoms with Crippen LogP contribution in [0.5, 0.6) is 5.75 Å². The van der Waals surface area contributed by atoms with Crippen LogP contribution < -0.4 is 4.74 Å². The number of ether oxygens (including phenoxy) is 1. The van der Waals surface area contributed by atoms with Gasteiger partial charge in [0.15, 0.2) is 5.75 Å². The molecule has 1 aromatic carbocycles. The number of para-hydroxylation sites is 1. The zero-order valence-electron chi connectivity index (χ0n) is 7.83. The molecule has 0 spiro atoms. The Balaban J connectivity index is 2.91. The minimum Gasteiger partial charge on any atom is -0.478 e. The lowest BCUT2D eigenvalue weighted by Gasteiger charge is -2.05. The fourth-order valence-electron chi connectivity index (χ4n) is 0.793. The van der Waals surface area contributed by atoms with Crippen molar-refractivity contribution in [1.82, 2.24) is 0 Å². The molecule has 0 amide bonds. The van der Waals surface area contributed by atoms with Gasteiger partial charge in [0.1, 0.15) is 6.26 Å². The number of hydrogen-bond donors (Lipinski definition) is 1. The number of carboxylic acids is 1. The summed E-state index contributed by atoms with van der Waals surface area (Å²) in [6.07, 6.45) is 1.09. The average molecular weight is 247 g/mol. The van der Waals surface area contributed by atoms with Crippen LogP contribution in [0.1, 0.15) is 6.92 Å². The molecule has 0 heterocycles. The third kappa shape index (κ3) is 3.15. The summed E-state index contributed by atoms with van der Waals surface area (Å²) in [5.74, 6) is -0.806. The molecule has 0 aliphatic rings. The van der Waals surface area contributed by atoms with E-state index < -0.39 is 5.97 Å². The Bertz CT molecular complexity index is 393. The lowest BCUT2D eigenvalue weighted by atomic mass is 10.3. The zero-order chi connectivity index (χ0) is 11.4. The number of hydrogen-bond acceptors (Lipinski definition) is 2. The first-order valence-electron chi connectivity index (χ1n) is 4.03. The van der Waals surface area contributed by atoms with Crippen LogP contribution in [-0.2, 0) is 4.79 Å². The summed E-state index contributed by atoms with van der Waals surface area (Å²) in [6.45, 7) is 1.41. The second kappa shape index (κ2) is 5.05. The highest BCUT2D eigenvalue weighted by atomic mass is 35.5. The van der Waals surface area contributed by atoms with Gasteiger partial charge in [0, 0.05) is 0 Å². The van der Waals surface area contributed by atoms with Crippen LogP contribution in [0.25, 0.3) is 0 Å². The summed E-state index contributed by atoms with van der Waals surface area (Å²) < 4.78 is 5.08. The van der Waals surface area contributed by atoms with E-state index in [1.165, 1.54) is 6.92 Å². The molecule has 1 aromatic rings. The molecule has 5 heteroatoms. The number of benzene rings is 1. The third-order valence-corrected chi connectivity index (χ3v) is 2.21. The third-order valence-electron chi connectivity index (χ3n) is 1.61. The largest absolute Gasteiger partial charge is 0.478 e. The van der Waals surface area contributed by atoms with E-state index in [-0.39, 0.29) is 11.3 Å². The van der Waals surface area contributed by atoms with E-state index in [1.807, 2.05) is 0 Å². The molecule has 0 fully saturated rings. The van der Waals surface area contributed by atoms with Crippen molar-refractivity contribution in [1.29, 1.82) is 0 Å². The molecule has 0 aliphatic carbocycles. The number of halogens is 2. The fraction of sp³-hybridized carbons (Fsp3) is 0.100. The van der Waals surface area contributed by atoms with Crippen LogP contribution in [0, 0.1) is 0 Å². The fourth-order valence-corrected chi connectivity index (χ4v) is 1.28. The van der Waals surface area contributed by atoms with Gasteiger partial charge in [-0.2, -0.15) is 0 Å². The van der Waals surface area contributed by atoms with Gasteiger partial charge in [0.25, 0.3) is 0 Å². The monoisotopic (exact) mass is 246 g/mol. The van der Waals surface area contributed by atoms with Crippen molar-refractivity contribution in [3.05, 3.63) is 40.1 Å². The van der Waals surface area contributed by atoms with Crippen molar-refractivity contribution in [2.24, 2.45) is 0 Å². The van der Waals surface area contributed by atoms with Gasteiger partial charge in [-0.1, -0.05) is 29.3 Å². The first-order valence-corrected chi connectivity index (χ1v) is 4.78. The summed E-state index contributed by atoms with van der Waals surface area (Å²) in [7, 11) is 0. The predicted octanol–water partition coefficient (Wildman–Crippen LogP) is 3.36. The maximum Gasteiger partial charge on any atom is 0.334 e. The smallest absolute Gasteiger partial charge is 0.334 e. The van der Waals surface area contributed by atoms with Crippen molar-refractivity contribution in [2.45, 2.75) is 6.92 Å². The van der Waals surface area contributed by atoms with Crippen LogP contribution in [0.15, 0.2) is 30.0 Å². The summed E-state index contributed by atoms with van der Waals surface area (Å²) in [5, 5.41) is 9.25. The molecule has 1 rings (SSSR count). The average Bonchev–Trinajstić information content (AvgIpc) is 2.16. The Morgan fingerprint density at radius 2 is 1.93 bits per heavy atom. The van der Waals surface area contributed by atoms with Crippen LogP contribution in [-0.4, -0.2) is 11.1 Å².